The predicted octanol–water partition coefficient (Wildman–Crippen LogP) is 3.41. The van der Waals surface area contributed by atoms with E-state index in [1.54, 1.807) is 4.90 Å². The largest absolute Gasteiger partial charge is 0.444 e. The SMILES string of the molecule is CCCCC(C)NCCN(CC)C(=O)OC(C)(C)C. The van der Waals surface area contributed by atoms with Crippen LogP contribution in [-0.2, 0) is 4.74 Å². The maximum Gasteiger partial charge on any atom is 0.410 e. The molecule has 1 amide bonds. The Balaban J connectivity index is 3.96. The first-order valence-corrected chi connectivity index (χ1v) is 7.51. The summed E-state index contributed by atoms with van der Waals surface area (Å²) in [4.78, 5) is 13.7. The van der Waals surface area contributed by atoms with Crippen molar-refractivity contribution >= 4 is 6.09 Å². The highest BCUT2D eigenvalue weighted by Crippen LogP contribution is 2.09. The average Bonchev–Trinajstić information content (AvgIpc) is 2.29. The molecule has 0 saturated heterocycles. The molecule has 0 aliphatic heterocycles. The van der Waals surface area contributed by atoms with Gasteiger partial charge in [0, 0.05) is 25.7 Å². The van der Waals surface area contributed by atoms with Crippen molar-refractivity contribution in [2.45, 2.75) is 72.4 Å². The third-order valence-electron chi connectivity index (χ3n) is 2.90. The zero-order valence-corrected chi connectivity index (χ0v) is 13.6. The first kappa shape index (κ1) is 18.2. The molecular formula is C15H32N2O2. The van der Waals surface area contributed by atoms with Crippen molar-refractivity contribution in [3.63, 3.8) is 0 Å². The Morgan fingerprint density at radius 3 is 2.42 bits per heavy atom. The van der Waals surface area contributed by atoms with Crippen molar-refractivity contribution in [3.8, 4) is 0 Å². The summed E-state index contributed by atoms with van der Waals surface area (Å²) in [5.41, 5.74) is -0.424. The van der Waals surface area contributed by atoms with E-state index in [1.165, 1.54) is 19.3 Å². The van der Waals surface area contributed by atoms with Gasteiger partial charge in [0.2, 0.25) is 0 Å². The van der Waals surface area contributed by atoms with Gasteiger partial charge in [0.05, 0.1) is 0 Å². The number of likely N-dealkylation sites (N-methyl/N-ethyl adjacent to an activating group) is 1. The molecule has 0 aromatic rings. The summed E-state index contributed by atoms with van der Waals surface area (Å²) in [5.74, 6) is 0. The van der Waals surface area contributed by atoms with E-state index < -0.39 is 5.60 Å². The van der Waals surface area contributed by atoms with Crippen molar-refractivity contribution < 1.29 is 9.53 Å². The number of carbonyl (C=O) groups excluding carboxylic acids is 1. The van der Waals surface area contributed by atoms with Crippen molar-refractivity contribution in [2.75, 3.05) is 19.6 Å². The molecule has 0 rings (SSSR count). The number of hydrogen-bond donors (Lipinski definition) is 1. The molecule has 0 saturated carbocycles. The van der Waals surface area contributed by atoms with Crippen molar-refractivity contribution in [1.29, 1.82) is 0 Å². The Morgan fingerprint density at radius 1 is 1.32 bits per heavy atom. The quantitative estimate of drug-likeness (QED) is 0.736. The average molecular weight is 272 g/mol. The lowest BCUT2D eigenvalue weighted by molar-refractivity contribution is 0.0261. The van der Waals surface area contributed by atoms with E-state index >= 15 is 0 Å². The molecule has 1 N–H and O–H groups in total. The highest BCUT2D eigenvalue weighted by Gasteiger charge is 2.20. The number of unbranched alkanes of at least 4 members (excludes halogenated alkanes) is 1. The molecule has 114 valence electrons. The van der Waals surface area contributed by atoms with Gasteiger partial charge in [0.15, 0.2) is 0 Å². The number of nitrogens with one attached hydrogen (secondary N) is 1. The van der Waals surface area contributed by atoms with Crippen LogP contribution in [0.25, 0.3) is 0 Å². The van der Waals surface area contributed by atoms with Crippen LogP contribution >= 0.6 is 0 Å². The molecule has 4 heteroatoms. The molecule has 1 atom stereocenters. The first-order valence-electron chi connectivity index (χ1n) is 7.51. The molecule has 0 spiro atoms. The molecule has 0 bridgehead atoms. The van der Waals surface area contributed by atoms with Gasteiger partial charge in [-0.15, -0.1) is 0 Å². The van der Waals surface area contributed by atoms with Crippen LogP contribution < -0.4 is 5.32 Å². The summed E-state index contributed by atoms with van der Waals surface area (Å²) in [7, 11) is 0. The fourth-order valence-electron chi connectivity index (χ4n) is 1.76. The summed E-state index contributed by atoms with van der Waals surface area (Å²) >= 11 is 0. The van der Waals surface area contributed by atoms with Crippen LogP contribution in [-0.4, -0.2) is 42.3 Å². The van der Waals surface area contributed by atoms with Crippen molar-refractivity contribution in [1.82, 2.24) is 10.2 Å². The second kappa shape index (κ2) is 9.18. The van der Waals surface area contributed by atoms with Crippen LogP contribution in [0.2, 0.25) is 0 Å². The summed E-state index contributed by atoms with van der Waals surface area (Å²) in [6.45, 7) is 14.2. The van der Waals surface area contributed by atoms with Crippen LogP contribution in [0.1, 0.15) is 60.8 Å². The van der Waals surface area contributed by atoms with Gasteiger partial charge < -0.3 is 15.0 Å². The minimum absolute atomic E-state index is 0.224. The molecule has 19 heavy (non-hydrogen) atoms. The summed E-state index contributed by atoms with van der Waals surface area (Å²) in [6, 6.07) is 0.511. The van der Waals surface area contributed by atoms with Crippen molar-refractivity contribution in [3.05, 3.63) is 0 Å². The third-order valence-corrected chi connectivity index (χ3v) is 2.90. The van der Waals surface area contributed by atoms with Crippen LogP contribution in [0.4, 0.5) is 4.79 Å². The maximum atomic E-state index is 11.9. The second-order valence-corrected chi connectivity index (χ2v) is 6.06. The number of rotatable bonds is 8. The molecule has 1 unspecified atom stereocenters. The molecular weight excluding hydrogens is 240 g/mol. The molecule has 0 heterocycles. The van der Waals surface area contributed by atoms with E-state index in [0.717, 1.165) is 6.54 Å². The van der Waals surface area contributed by atoms with E-state index in [2.05, 4.69) is 19.2 Å². The smallest absolute Gasteiger partial charge is 0.410 e. The number of hydrogen-bond acceptors (Lipinski definition) is 3. The minimum atomic E-state index is -0.424. The monoisotopic (exact) mass is 272 g/mol. The van der Waals surface area contributed by atoms with E-state index in [0.29, 0.717) is 19.1 Å². The Bertz CT molecular complexity index is 249. The van der Waals surface area contributed by atoms with Crippen LogP contribution in [0.5, 0.6) is 0 Å². The van der Waals surface area contributed by atoms with Gasteiger partial charge in [0.25, 0.3) is 0 Å². The lowest BCUT2D eigenvalue weighted by Crippen LogP contribution is -2.41. The highest BCUT2D eigenvalue weighted by atomic mass is 16.6. The van der Waals surface area contributed by atoms with Gasteiger partial charge in [-0.25, -0.2) is 4.79 Å². The van der Waals surface area contributed by atoms with Gasteiger partial charge in [-0.1, -0.05) is 19.8 Å². The van der Waals surface area contributed by atoms with E-state index in [9.17, 15) is 4.79 Å². The number of nitrogens with zero attached hydrogens (tertiary/aromatic N) is 1. The summed E-state index contributed by atoms with van der Waals surface area (Å²) in [5, 5.41) is 3.45. The number of ether oxygens (including phenoxy) is 1. The van der Waals surface area contributed by atoms with Gasteiger partial charge >= 0.3 is 6.09 Å². The molecule has 0 aliphatic rings. The minimum Gasteiger partial charge on any atom is -0.444 e. The number of carbonyl (C=O) groups is 1. The number of amides is 1. The highest BCUT2D eigenvalue weighted by molar-refractivity contribution is 5.68. The molecule has 0 aromatic carbocycles. The van der Waals surface area contributed by atoms with Gasteiger partial charge in [-0.3, -0.25) is 0 Å². The lowest BCUT2D eigenvalue weighted by atomic mass is 10.1. The van der Waals surface area contributed by atoms with Gasteiger partial charge in [-0.05, 0) is 41.0 Å². The molecule has 4 nitrogen and oxygen atoms in total. The molecule has 0 aliphatic carbocycles. The Hall–Kier alpha value is -0.770. The fourth-order valence-corrected chi connectivity index (χ4v) is 1.76. The summed E-state index contributed by atoms with van der Waals surface area (Å²) in [6.07, 6.45) is 3.44. The first-order chi connectivity index (χ1) is 8.80. The van der Waals surface area contributed by atoms with Crippen LogP contribution in [0.3, 0.4) is 0 Å². The fraction of sp³-hybridized carbons (Fsp3) is 0.933. The zero-order valence-electron chi connectivity index (χ0n) is 13.6. The van der Waals surface area contributed by atoms with E-state index in [-0.39, 0.29) is 6.09 Å². The topological polar surface area (TPSA) is 41.6 Å². The lowest BCUT2D eigenvalue weighted by Gasteiger charge is -2.27. The third kappa shape index (κ3) is 9.77. The van der Waals surface area contributed by atoms with Crippen molar-refractivity contribution in [2.24, 2.45) is 0 Å². The van der Waals surface area contributed by atoms with Gasteiger partial charge in [-0.2, -0.15) is 0 Å². The summed E-state index contributed by atoms with van der Waals surface area (Å²) < 4.78 is 5.37. The zero-order chi connectivity index (χ0) is 14.9. The van der Waals surface area contributed by atoms with Crippen LogP contribution in [0, 0.1) is 0 Å². The van der Waals surface area contributed by atoms with Crippen LogP contribution in [0.15, 0.2) is 0 Å². The maximum absolute atomic E-state index is 11.9. The molecule has 0 radical (unpaired) electrons. The standard InChI is InChI=1S/C15H32N2O2/c1-7-9-10-13(3)16-11-12-17(8-2)14(18)19-15(4,5)6/h13,16H,7-12H2,1-6H3. The van der Waals surface area contributed by atoms with Gasteiger partial charge in [0.1, 0.15) is 5.60 Å². The Labute approximate surface area is 118 Å². The second-order valence-electron chi connectivity index (χ2n) is 6.06. The Morgan fingerprint density at radius 2 is 1.95 bits per heavy atom. The normalized spacial score (nSPS) is 13.2. The van der Waals surface area contributed by atoms with E-state index in [1.807, 2.05) is 27.7 Å². The molecule has 0 fully saturated rings. The Kier molecular flexibility index (Phi) is 8.81. The predicted molar refractivity (Wildman–Crippen MR) is 80.5 cm³/mol. The molecule has 0 aromatic heterocycles. The van der Waals surface area contributed by atoms with E-state index in [4.69, 9.17) is 4.74 Å².